The van der Waals surface area contributed by atoms with Crippen molar-refractivity contribution < 1.29 is 17.9 Å². The molecule has 0 atom stereocenters. The molecule has 0 aliphatic carbocycles. The maximum Gasteiger partial charge on any atom is 0.316 e. The van der Waals surface area contributed by atoms with Gasteiger partial charge in [-0.05, 0) is 34.1 Å². The molecule has 0 fully saturated rings. The summed E-state index contributed by atoms with van der Waals surface area (Å²) in [4.78, 5) is 7.88. The second-order valence-corrected chi connectivity index (χ2v) is 5.55. The van der Waals surface area contributed by atoms with E-state index in [0.29, 0.717) is 10.2 Å². The maximum atomic E-state index is 13.3. The number of hydrogen-bond donors (Lipinski definition) is 0. The Morgan fingerprint density at radius 2 is 1.96 bits per heavy atom. The molecule has 0 saturated heterocycles. The van der Waals surface area contributed by atoms with E-state index in [1.807, 2.05) is 0 Å². The molecule has 24 heavy (non-hydrogen) atoms. The molecule has 3 aromatic rings. The standard InChI is InChI=1S/C14H9BrF3N5O/c15-8-4-19-14(20-5-8)24-7-9-6-23(22-21-9)10-1-2-12(16)11(3-10)13(17)18/h1-6,13H,7H2. The Balaban J connectivity index is 1.73. The topological polar surface area (TPSA) is 65.7 Å². The van der Waals surface area contributed by atoms with Crippen molar-refractivity contribution in [1.29, 1.82) is 0 Å². The molecule has 2 aromatic heterocycles. The third-order valence-electron chi connectivity index (χ3n) is 2.97. The predicted octanol–water partition coefficient (Wildman–Crippen LogP) is 3.48. The highest BCUT2D eigenvalue weighted by atomic mass is 79.9. The molecule has 0 saturated carbocycles. The molecule has 3 rings (SSSR count). The van der Waals surface area contributed by atoms with Gasteiger partial charge in [0.05, 0.1) is 21.9 Å². The van der Waals surface area contributed by atoms with Crippen molar-refractivity contribution in [3.63, 3.8) is 0 Å². The van der Waals surface area contributed by atoms with Gasteiger partial charge in [-0.25, -0.2) is 27.8 Å². The number of benzene rings is 1. The van der Waals surface area contributed by atoms with E-state index in [9.17, 15) is 13.2 Å². The van der Waals surface area contributed by atoms with Gasteiger partial charge in [-0.2, -0.15) is 0 Å². The fraction of sp³-hybridized carbons (Fsp3) is 0.143. The van der Waals surface area contributed by atoms with Crippen molar-refractivity contribution in [3.05, 3.63) is 58.3 Å². The molecule has 10 heteroatoms. The van der Waals surface area contributed by atoms with E-state index in [1.165, 1.54) is 29.3 Å². The normalized spacial score (nSPS) is 11.0. The zero-order valence-electron chi connectivity index (χ0n) is 11.9. The zero-order valence-corrected chi connectivity index (χ0v) is 13.5. The Hall–Kier alpha value is -2.49. The van der Waals surface area contributed by atoms with Crippen molar-refractivity contribution in [2.75, 3.05) is 0 Å². The lowest BCUT2D eigenvalue weighted by atomic mass is 10.2. The van der Waals surface area contributed by atoms with Crippen LogP contribution in [0.15, 0.2) is 41.3 Å². The summed E-state index contributed by atoms with van der Waals surface area (Å²) in [7, 11) is 0. The molecule has 6 nitrogen and oxygen atoms in total. The summed E-state index contributed by atoms with van der Waals surface area (Å²) in [5, 5.41) is 7.68. The van der Waals surface area contributed by atoms with Crippen molar-refractivity contribution in [2.45, 2.75) is 13.0 Å². The maximum absolute atomic E-state index is 13.3. The molecule has 124 valence electrons. The molecule has 0 N–H and O–H groups in total. The van der Waals surface area contributed by atoms with Crippen LogP contribution in [0.2, 0.25) is 0 Å². The van der Waals surface area contributed by atoms with E-state index < -0.39 is 17.8 Å². The number of nitrogens with zero attached hydrogens (tertiary/aromatic N) is 5. The van der Waals surface area contributed by atoms with Crippen LogP contribution in [0, 0.1) is 5.82 Å². The molecule has 1 aromatic carbocycles. The number of rotatable bonds is 5. The Bertz CT molecular complexity index is 841. The van der Waals surface area contributed by atoms with E-state index in [-0.39, 0.29) is 18.3 Å². The van der Waals surface area contributed by atoms with E-state index in [4.69, 9.17) is 4.74 Å². The van der Waals surface area contributed by atoms with E-state index in [0.717, 1.165) is 12.1 Å². The molecule has 0 bridgehead atoms. The first-order valence-corrected chi connectivity index (χ1v) is 7.42. The average molecular weight is 400 g/mol. The molecule has 0 aliphatic rings. The fourth-order valence-electron chi connectivity index (χ4n) is 1.85. The van der Waals surface area contributed by atoms with Crippen LogP contribution in [-0.4, -0.2) is 25.0 Å². The van der Waals surface area contributed by atoms with Crippen LogP contribution in [0.1, 0.15) is 17.7 Å². The van der Waals surface area contributed by atoms with Gasteiger partial charge in [0.25, 0.3) is 6.43 Å². The van der Waals surface area contributed by atoms with E-state index in [1.54, 1.807) is 0 Å². The number of halogens is 4. The van der Waals surface area contributed by atoms with Crippen LogP contribution in [0.5, 0.6) is 6.01 Å². The number of ether oxygens (including phenoxy) is 1. The Morgan fingerprint density at radius 1 is 1.21 bits per heavy atom. The van der Waals surface area contributed by atoms with Crippen molar-refractivity contribution in [3.8, 4) is 11.7 Å². The minimum Gasteiger partial charge on any atom is -0.457 e. The quantitative estimate of drug-likeness (QED) is 0.656. The molecule has 0 spiro atoms. The summed E-state index contributed by atoms with van der Waals surface area (Å²) in [6.45, 7) is 0.0462. The summed E-state index contributed by atoms with van der Waals surface area (Å²) in [5.74, 6) is -0.968. The Kier molecular flexibility index (Phi) is 4.74. The lowest BCUT2D eigenvalue weighted by Crippen LogP contribution is -2.00. The van der Waals surface area contributed by atoms with Gasteiger partial charge in [0.15, 0.2) is 0 Å². The monoisotopic (exact) mass is 399 g/mol. The summed E-state index contributed by atoms with van der Waals surface area (Å²) in [6, 6.07) is 3.48. The first-order chi connectivity index (χ1) is 11.5. The largest absolute Gasteiger partial charge is 0.457 e. The van der Waals surface area contributed by atoms with Gasteiger partial charge in [0.1, 0.15) is 18.1 Å². The van der Waals surface area contributed by atoms with Gasteiger partial charge in [0.2, 0.25) is 0 Å². The fourth-order valence-corrected chi connectivity index (χ4v) is 2.05. The SMILES string of the molecule is Fc1ccc(-n2cc(COc3ncc(Br)cn3)nn2)cc1C(F)F. The van der Waals surface area contributed by atoms with Crippen molar-refractivity contribution in [2.24, 2.45) is 0 Å². The van der Waals surface area contributed by atoms with Gasteiger partial charge in [-0.1, -0.05) is 5.21 Å². The molecule has 0 radical (unpaired) electrons. The van der Waals surface area contributed by atoms with Gasteiger partial charge in [0, 0.05) is 12.4 Å². The minimum atomic E-state index is -2.91. The number of hydrogen-bond acceptors (Lipinski definition) is 5. The molecule has 0 amide bonds. The summed E-state index contributed by atoms with van der Waals surface area (Å²) < 4.78 is 46.1. The lowest BCUT2D eigenvalue weighted by molar-refractivity contribution is 0.146. The summed E-state index contributed by atoms with van der Waals surface area (Å²) in [6.07, 6.45) is 1.64. The minimum absolute atomic E-state index is 0.0462. The molecule has 2 heterocycles. The van der Waals surface area contributed by atoms with Crippen molar-refractivity contribution in [1.82, 2.24) is 25.0 Å². The highest BCUT2D eigenvalue weighted by molar-refractivity contribution is 9.10. The highest BCUT2D eigenvalue weighted by Gasteiger charge is 2.15. The number of alkyl halides is 2. The second kappa shape index (κ2) is 6.95. The first kappa shape index (κ1) is 16.4. The summed E-state index contributed by atoms with van der Waals surface area (Å²) >= 11 is 3.21. The Labute approximate surface area is 142 Å². The number of aromatic nitrogens is 5. The predicted molar refractivity (Wildman–Crippen MR) is 80.3 cm³/mol. The molecule has 0 unspecified atom stereocenters. The zero-order chi connectivity index (χ0) is 17.1. The average Bonchev–Trinajstić information content (AvgIpc) is 3.03. The third-order valence-corrected chi connectivity index (χ3v) is 3.38. The third kappa shape index (κ3) is 3.70. The molecular weight excluding hydrogens is 391 g/mol. The van der Waals surface area contributed by atoms with E-state index in [2.05, 4.69) is 36.2 Å². The van der Waals surface area contributed by atoms with Crippen LogP contribution >= 0.6 is 15.9 Å². The van der Waals surface area contributed by atoms with Gasteiger partial charge in [-0.15, -0.1) is 5.10 Å². The van der Waals surface area contributed by atoms with Crippen LogP contribution < -0.4 is 4.74 Å². The lowest BCUT2D eigenvalue weighted by Gasteiger charge is -2.05. The van der Waals surface area contributed by atoms with Crippen LogP contribution in [0.25, 0.3) is 5.69 Å². The Morgan fingerprint density at radius 3 is 2.67 bits per heavy atom. The first-order valence-electron chi connectivity index (χ1n) is 6.62. The molecular formula is C14H9BrF3N5O. The van der Waals surface area contributed by atoms with E-state index >= 15 is 0 Å². The smallest absolute Gasteiger partial charge is 0.316 e. The van der Waals surface area contributed by atoms with Gasteiger partial charge < -0.3 is 4.74 Å². The van der Waals surface area contributed by atoms with Crippen molar-refractivity contribution >= 4 is 15.9 Å². The molecule has 0 aliphatic heterocycles. The summed E-state index contributed by atoms with van der Waals surface area (Å²) in [5.41, 5.74) is 0.0128. The van der Waals surface area contributed by atoms with Crippen LogP contribution in [0.4, 0.5) is 13.2 Å². The second-order valence-electron chi connectivity index (χ2n) is 4.63. The van der Waals surface area contributed by atoms with Gasteiger partial charge in [-0.3, -0.25) is 0 Å². The van der Waals surface area contributed by atoms with Crippen LogP contribution in [-0.2, 0) is 6.61 Å². The van der Waals surface area contributed by atoms with Gasteiger partial charge >= 0.3 is 6.01 Å². The highest BCUT2D eigenvalue weighted by Crippen LogP contribution is 2.24. The van der Waals surface area contributed by atoms with Crippen LogP contribution in [0.3, 0.4) is 0 Å².